The van der Waals surface area contributed by atoms with Crippen LogP contribution < -0.4 is 5.32 Å². The maximum atomic E-state index is 12.4. The van der Waals surface area contributed by atoms with E-state index in [1.807, 2.05) is 36.4 Å². The second-order valence-corrected chi connectivity index (χ2v) is 8.82. The van der Waals surface area contributed by atoms with Crippen molar-refractivity contribution in [3.63, 3.8) is 0 Å². The second kappa shape index (κ2) is 10.4. The van der Waals surface area contributed by atoms with Crippen molar-refractivity contribution < 1.29 is 4.79 Å². The molecule has 0 atom stereocenters. The fourth-order valence-electron chi connectivity index (χ4n) is 3.40. The smallest absolute Gasteiger partial charge is 0.250 e. The SMILES string of the molecule is CCCc1sc(NC(=O)C=Cc2ccccc2Cl)nc1-c1ccc(-c2ccccc2)cc1. The van der Waals surface area contributed by atoms with E-state index in [1.165, 1.54) is 33.4 Å². The van der Waals surface area contributed by atoms with E-state index in [-0.39, 0.29) is 5.91 Å². The van der Waals surface area contributed by atoms with Gasteiger partial charge < -0.3 is 0 Å². The number of carbonyl (C=O) groups is 1. The van der Waals surface area contributed by atoms with Gasteiger partial charge in [-0.3, -0.25) is 10.1 Å². The van der Waals surface area contributed by atoms with Crippen LogP contribution in [0.4, 0.5) is 5.13 Å². The summed E-state index contributed by atoms with van der Waals surface area (Å²) in [6, 6.07) is 26.1. The monoisotopic (exact) mass is 458 g/mol. The molecule has 0 radical (unpaired) electrons. The van der Waals surface area contributed by atoms with E-state index in [0.717, 1.165) is 29.7 Å². The van der Waals surface area contributed by atoms with Crippen LogP contribution in [0.25, 0.3) is 28.5 Å². The molecule has 0 saturated carbocycles. The van der Waals surface area contributed by atoms with Gasteiger partial charge in [0.1, 0.15) is 0 Å². The predicted molar refractivity (Wildman–Crippen MR) is 136 cm³/mol. The quantitative estimate of drug-likeness (QED) is 0.288. The van der Waals surface area contributed by atoms with Gasteiger partial charge in [-0.2, -0.15) is 0 Å². The summed E-state index contributed by atoms with van der Waals surface area (Å²) in [6.07, 6.45) is 5.12. The first-order valence-electron chi connectivity index (χ1n) is 10.5. The van der Waals surface area contributed by atoms with Crippen LogP contribution >= 0.6 is 22.9 Å². The van der Waals surface area contributed by atoms with Crippen LogP contribution in [-0.2, 0) is 11.2 Å². The van der Waals surface area contributed by atoms with Crippen LogP contribution in [0.5, 0.6) is 0 Å². The average molecular weight is 459 g/mol. The Hall–Kier alpha value is -3.21. The molecule has 5 heteroatoms. The summed E-state index contributed by atoms with van der Waals surface area (Å²) in [6.45, 7) is 2.15. The van der Waals surface area contributed by atoms with Crippen LogP contribution in [0.2, 0.25) is 5.02 Å². The molecular formula is C27H23ClN2OS. The summed E-state index contributed by atoms with van der Waals surface area (Å²) in [7, 11) is 0. The van der Waals surface area contributed by atoms with Crippen molar-refractivity contribution in [2.45, 2.75) is 19.8 Å². The Labute approximate surface area is 197 Å². The molecule has 0 aliphatic carbocycles. The number of amides is 1. The zero-order valence-electron chi connectivity index (χ0n) is 17.7. The Kier molecular flexibility index (Phi) is 7.15. The molecule has 3 aromatic carbocycles. The Balaban J connectivity index is 1.53. The van der Waals surface area contributed by atoms with Gasteiger partial charge in [-0.15, -0.1) is 11.3 Å². The standard InChI is InChI=1S/C27H23ClN2OS/c1-2-8-24-26(22-15-13-20(14-16-22)19-9-4-3-5-10-19)30-27(32-24)29-25(31)18-17-21-11-6-7-12-23(21)28/h3-7,9-18H,2,8H2,1H3,(H,29,30,31). The molecule has 1 heterocycles. The van der Waals surface area contributed by atoms with Crippen molar-refractivity contribution in [1.29, 1.82) is 0 Å². The van der Waals surface area contributed by atoms with Gasteiger partial charge in [0.2, 0.25) is 5.91 Å². The summed E-state index contributed by atoms with van der Waals surface area (Å²) in [5.74, 6) is -0.229. The Morgan fingerprint density at radius 2 is 1.59 bits per heavy atom. The number of hydrogen-bond donors (Lipinski definition) is 1. The highest BCUT2D eigenvalue weighted by atomic mass is 35.5. The number of rotatable bonds is 7. The lowest BCUT2D eigenvalue weighted by Crippen LogP contribution is -2.07. The molecule has 0 aliphatic heterocycles. The number of nitrogens with zero attached hydrogens (tertiary/aromatic N) is 1. The lowest BCUT2D eigenvalue weighted by molar-refractivity contribution is -0.111. The van der Waals surface area contributed by atoms with Gasteiger partial charge >= 0.3 is 0 Å². The molecule has 32 heavy (non-hydrogen) atoms. The number of hydrogen-bond acceptors (Lipinski definition) is 3. The fourth-order valence-corrected chi connectivity index (χ4v) is 4.69. The molecule has 1 N–H and O–H groups in total. The predicted octanol–water partition coefficient (Wildman–Crippen LogP) is 7.73. The normalized spacial score (nSPS) is 11.1. The number of aromatic nitrogens is 1. The van der Waals surface area contributed by atoms with E-state index >= 15 is 0 Å². The van der Waals surface area contributed by atoms with Crippen molar-refractivity contribution >= 4 is 40.1 Å². The molecule has 1 amide bonds. The lowest BCUT2D eigenvalue weighted by atomic mass is 10.0. The molecule has 0 fully saturated rings. The highest BCUT2D eigenvalue weighted by Crippen LogP contribution is 2.33. The van der Waals surface area contributed by atoms with Crippen molar-refractivity contribution in [2.75, 3.05) is 5.32 Å². The van der Waals surface area contributed by atoms with Crippen molar-refractivity contribution in [3.05, 3.63) is 100 Å². The largest absolute Gasteiger partial charge is 0.298 e. The Morgan fingerprint density at radius 1 is 0.938 bits per heavy atom. The molecule has 4 aromatic rings. The summed E-state index contributed by atoms with van der Waals surface area (Å²) in [4.78, 5) is 18.4. The highest BCUT2D eigenvalue weighted by Gasteiger charge is 2.14. The minimum absolute atomic E-state index is 0.229. The van der Waals surface area contributed by atoms with Crippen LogP contribution in [-0.4, -0.2) is 10.9 Å². The first kappa shape index (κ1) is 22.0. The summed E-state index contributed by atoms with van der Waals surface area (Å²) < 4.78 is 0. The molecule has 0 unspecified atom stereocenters. The van der Waals surface area contributed by atoms with Crippen molar-refractivity contribution in [2.24, 2.45) is 0 Å². The molecule has 160 valence electrons. The van der Waals surface area contributed by atoms with Crippen LogP contribution in [0.1, 0.15) is 23.8 Å². The maximum Gasteiger partial charge on any atom is 0.250 e. The van der Waals surface area contributed by atoms with Gasteiger partial charge in [-0.25, -0.2) is 4.98 Å². The number of aryl methyl sites for hydroxylation is 1. The minimum atomic E-state index is -0.229. The van der Waals surface area contributed by atoms with E-state index < -0.39 is 0 Å². The summed E-state index contributed by atoms with van der Waals surface area (Å²) >= 11 is 7.68. The number of halogens is 1. The maximum absolute atomic E-state index is 12.4. The molecule has 0 saturated heterocycles. The first-order valence-corrected chi connectivity index (χ1v) is 11.7. The third-order valence-corrected chi connectivity index (χ3v) is 6.36. The Bertz CT molecular complexity index is 1230. The number of nitrogens with one attached hydrogen (secondary N) is 1. The minimum Gasteiger partial charge on any atom is -0.298 e. The highest BCUT2D eigenvalue weighted by molar-refractivity contribution is 7.16. The molecule has 4 rings (SSSR count). The van der Waals surface area contributed by atoms with Crippen molar-refractivity contribution in [3.8, 4) is 22.4 Å². The first-order chi connectivity index (χ1) is 15.6. The number of carbonyl (C=O) groups excluding carboxylic acids is 1. The third kappa shape index (κ3) is 5.34. The topological polar surface area (TPSA) is 42.0 Å². The molecule has 0 spiro atoms. The number of anilines is 1. The average Bonchev–Trinajstić information content (AvgIpc) is 3.21. The fraction of sp³-hybridized carbons (Fsp3) is 0.111. The molecule has 0 bridgehead atoms. The van der Waals surface area contributed by atoms with Crippen molar-refractivity contribution in [1.82, 2.24) is 4.98 Å². The van der Waals surface area contributed by atoms with Crippen LogP contribution in [0.15, 0.2) is 84.9 Å². The van der Waals surface area contributed by atoms with E-state index in [0.29, 0.717) is 10.2 Å². The van der Waals surface area contributed by atoms with Gasteiger partial charge in [-0.1, -0.05) is 97.7 Å². The third-order valence-electron chi connectivity index (χ3n) is 4.99. The summed E-state index contributed by atoms with van der Waals surface area (Å²) in [5.41, 5.74) is 5.14. The van der Waals surface area contributed by atoms with Gasteiger partial charge in [0.25, 0.3) is 0 Å². The second-order valence-electron chi connectivity index (χ2n) is 7.33. The molecule has 1 aromatic heterocycles. The van der Waals surface area contributed by atoms with Crippen LogP contribution in [0, 0.1) is 0 Å². The summed E-state index contributed by atoms with van der Waals surface area (Å²) in [5, 5.41) is 4.11. The van der Waals surface area contributed by atoms with Gasteiger partial charge in [-0.05, 0) is 35.3 Å². The van der Waals surface area contributed by atoms with E-state index in [9.17, 15) is 4.79 Å². The van der Waals surface area contributed by atoms with E-state index in [2.05, 4.69) is 48.6 Å². The van der Waals surface area contributed by atoms with Gasteiger partial charge in [0, 0.05) is 21.5 Å². The molecule has 3 nitrogen and oxygen atoms in total. The van der Waals surface area contributed by atoms with Gasteiger partial charge in [0.15, 0.2) is 5.13 Å². The number of benzene rings is 3. The Morgan fingerprint density at radius 3 is 2.31 bits per heavy atom. The number of thiazole rings is 1. The zero-order valence-corrected chi connectivity index (χ0v) is 19.3. The zero-order chi connectivity index (χ0) is 22.3. The van der Waals surface area contributed by atoms with E-state index in [1.54, 1.807) is 12.1 Å². The van der Waals surface area contributed by atoms with Gasteiger partial charge in [0.05, 0.1) is 5.69 Å². The molecular weight excluding hydrogens is 436 g/mol. The van der Waals surface area contributed by atoms with E-state index in [4.69, 9.17) is 16.6 Å². The van der Waals surface area contributed by atoms with Crippen LogP contribution in [0.3, 0.4) is 0 Å². The molecule has 0 aliphatic rings. The lowest BCUT2D eigenvalue weighted by Gasteiger charge is -2.04.